The van der Waals surface area contributed by atoms with Crippen LogP contribution in [-0.2, 0) is 20.6 Å². The van der Waals surface area contributed by atoms with Gasteiger partial charge in [-0.25, -0.2) is 8.42 Å². The molecule has 0 aromatic heterocycles. The molecule has 1 fully saturated rings. The van der Waals surface area contributed by atoms with E-state index in [4.69, 9.17) is 23.2 Å². The summed E-state index contributed by atoms with van der Waals surface area (Å²) in [5.74, 6) is -0.611. The Morgan fingerprint density at radius 1 is 1.08 bits per heavy atom. The Labute approximate surface area is 156 Å². The molecule has 1 heterocycles. The van der Waals surface area contributed by atoms with Crippen LogP contribution in [0.2, 0.25) is 10.0 Å². The molecule has 1 N–H and O–H groups in total. The summed E-state index contributed by atoms with van der Waals surface area (Å²) < 4.78 is 27.2. The van der Waals surface area contributed by atoms with E-state index < -0.39 is 16.1 Å². The molecule has 1 aliphatic heterocycles. The number of nitrogens with one attached hydrogen (secondary N) is 1. The molecule has 3 rings (SSSR count). The molecule has 132 valence electrons. The molecule has 8 heteroatoms. The summed E-state index contributed by atoms with van der Waals surface area (Å²) in [4.78, 5) is 12.4. The third-order valence-electron chi connectivity index (χ3n) is 4.01. The van der Waals surface area contributed by atoms with Crippen molar-refractivity contribution in [1.29, 1.82) is 0 Å². The quantitative estimate of drug-likeness (QED) is 0.860. The first-order valence-electron chi connectivity index (χ1n) is 7.64. The third-order valence-corrected chi connectivity index (χ3v) is 6.41. The summed E-state index contributed by atoms with van der Waals surface area (Å²) >= 11 is 12.0. The second kappa shape index (κ2) is 7.33. The lowest BCUT2D eigenvalue weighted by atomic mass is 10.1. The molecular weight excluding hydrogens is 383 g/mol. The van der Waals surface area contributed by atoms with E-state index in [1.165, 1.54) is 4.31 Å². The molecule has 1 atom stereocenters. The first-order chi connectivity index (χ1) is 11.9. The molecule has 2 aromatic rings. The van der Waals surface area contributed by atoms with Gasteiger partial charge in [-0.1, -0.05) is 53.5 Å². The van der Waals surface area contributed by atoms with Crippen LogP contribution >= 0.6 is 23.2 Å². The van der Waals surface area contributed by atoms with Crippen molar-refractivity contribution in [1.82, 2.24) is 9.62 Å². The second-order valence-electron chi connectivity index (χ2n) is 5.70. The summed E-state index contributed by atoms with van der Waals surface area (Å²) in [6, 6.07) is 12.5. The van der Waals surface area contributed by atoms with E-state index in [0.717, 1.165) is 0 Å². The molecule has 5 nitrogen and oxygen atoms in total. The highest BCUT2D eigenvalue weighted by atomic mass is 35.5. The van der Waals surface area contributed by atoms with E-state index in [9.17, 15) is 13.2 Å². The zero-order valence-electron chi connectivity index (χ0n) is 13.2. The number of hydrogen-bond donors (Lipinski definition) is 1. The van der Waals surface area contributed by atoms with Crippen molar-refractivity contribution in [3.63, 3.8) is 0 Å². The number of benzene rings is 2. The topological polar surface area (TPSA) is 66.5 Å². The number of rotatable bonds is 4. The van der Waals surface area contributed by atoms with Gasteiger partial charge >= 0.3 is 0 Å². The predicted molar refractivity (Wildman–Crippen MR) is 98.0 cm³/mol. The monoisotopic (exact) mass is 398 g/mol. The molecule has 0 radical (unpaired) electrons. The number of sulfonamides is 1. The molecule has 0 saturated carbocycles. The van der Waals surface area contributed by atoms with Crippen LogP contribution in [0.3, 0.4) is 0 Å². The molecule has 1 unspecified atom stereocenters. The van der Waals surface area contributed by atoms with Crippen molar-refractivity contribution < 1.29 is 13.2 Å². The minimum Gasteiger partial charge on any atom is -0.353 e. The first kappa shape index (κ1) is 18.2. The smallest absolute Gasteiger partial charge is 0.243 e. The molecular formula is C17H16Cl2N2O3S. The van der Waals surface area contributed by atoms with Gasteiger partial charge < -0.3 is 5.32 Å². The van der Waals surface area contributed by atoms with Gasteiger partial charge in [0.2, 0.25) is 15.9 Å². The maximum absolute atomic E-state index is 13.0. The first-order valence-corrected chi connectivity index (χ1v) is 10.0. The molecule has 2 aromatic carbocycles. The lowest BCUT2D eigenvalue weighted by Crippen LogP contribution is -2.52. The van der Waals surface area contributed by atoms with Crippen LogP contribution in [0.4, 0.5) is 0 Å². The molecule has 0 bridgehead atoms. The zero-order valence-corrected chi connectivity index (χ0v) is 15.5. The molecule has 1 saturated heterocycles. The van der Waals surface area contributed by atoms with Gasteiger partial charge in [-0.3, -0.25) is 4.79 Å². The number of piperazine rings is 1. The summed E-state index contributed by atoms with van der Waals surface area (Å²) in [5, 5.41) is 3.62. The maximum atomic E-state index is 13.0. The van der Waals surface area contributed by atoms with Gasteiger partial charge in [0.25, 0.3) is 0 Å². The number of hydrogen-bond acceptors (Lipinski definition) is 3. The Bertz CT molecular complexity index is 885. The molecule has 25 heavy (non-hydrogen) atoms. The molecule has 0 aliphatic carbocycles. The lowest BCUT2D eigenvalue weighted by Gasteiger charge is -2.34. The van der Waals surface area contributed by atoms with Crippen molar-refractivity contribution in [3.05, 3.63) is 69.7 Å². The van der Waals surface area contributed by atoms with Crippen molar-refractivity contribution in [2.24, 2.45) is 0 Å². The van der Waals surface area contributed by atoms with Crippen LogP contribution in [0, 0.1) is 0 Å². The summed E-state index contributed by atoms with van der Waals surface area (Å²) in [7, 11) is -3.74. The third kappa shape index (κ3) is 3.98. The fourth-order valence-electron chi connectivity index (χ4n) is 2.80. The van der Waals surface area contributed by atoms with Crippen LogP contribution in [0.1, 0.15) is 17.2 Å². The summed E-state index contributed by atoms with van der Waals surface area (Å²) in [6.45, 7) is 0.469. The Balaban J connectivity index is 1.95. The van der Waals surface area contributed by atoms with Gasteiger partial charge in [0.1, 0.15) is 6.04 Å². The Morgan fingerprint density at radius 3 is 2.44 bits per heavy atom. The van der Waals surface area contributed by atoms with Crippen molar-refractivity contribution in [2.75, 3.05) is 13.1 Å². The average Bonchev–Trinajstić information content (AvgIpc) is 2.58. The number of amides is 1. The Hall–Kier alpha value is -1.60. The number of carbonyl (C=O) groups is 1. The van der Waals surface area contributed by atoms with Crippen molar-refractivity contribution >= 4 is 39.1 Å². The predicted octanol–water partition coefficient (Wildman–Crippen LogP) is 3.00. The van der Waals surface area contributed by atoms with Crippen molar-refractivity contribution in [3.8, 4) is 0 Å². The molecule has 0 spiro atoms. The van der Waals surface area contributed by atoms with E-state index >= 15 is 0 Å². The van der Waals surface area contributed by atoms with E-state index in [0.29, 0.717) is 21.2 Å². The molecule has 1 aliphatic rings. The van der Waals surface area contributed by atoms with Crippen LogP contribution in [-0.4, -0.2) is 31.7 Å². The maximum Gasteiger partial charge on any atom is 0.243 e. The number of carbonyl (C=O) groups excluding carboxylic acids is 1. The highest BCUT2D eigenvalue weighted by molar-refractivity contribution is 7.88. The van der Waals surface area contributed by atoms with Gasteiger partial charge in [0.05, 0.1) is 5.75 Å². The fourth-order valence-corrected chi connectivity index (χ4v) is 4.93. The SMILES string of the molecule is O=C1NCCN(S(=O)(=O)Cc2ccccc2Cl)C1c1ccc(Cl)cc1. The number of halogens is 2. The minimum atomic E-state index is -3.74. The van der Waals surface area contributed by atoms with Gasteiger partial charge in [-0.2, -0.15) is 4.31 Å². The Morgan fingerprint density at radius 2 is 1.76 bits per heavy atom. The van der Waals surface area contributed by atoms with E-state index in [2.05, 4.69) is 5.32 Å². The largest absolute Gasteiger partial charge is 0.353 e. The van der Waals surface area contributed by atoms with Crippen LogP contribution in [0.5, 0.6) is 0 Å². The van der Waals surface area contributed by atoms with E-state index in [1.54, 1.807) is 48.5 Å². The lowest BCUT2D eigenvalue weighted by molar-refractivity contribution is -0.126. The van der Waals surface area contributed by atoms with E-state index in [1.807, 2.05) is 0 Å². The van der Waals surface area contributed by atoms with Crippen LogP contribution in [0.15, 0.2) is 48.5 Å². The highest BCUT2D eigenvalue weighted by Gasteiger charge is 2.38. The average molecular weight is 399 g/mol. The minimum absolute atomic E-state index is 0.200. The van der Waals surface area contributed by atoms with E-state index in [-0.39, 0.29) is 24.7 Å². The van der Waals surface area contributed by atoms with Gasteiger partial charge in [-0.05, 0) is 29.3 Å². The van der Waals surface area contributed by atoms with Crippen LogP contribution in [0.25, 0.3) is 0 Å². The van der Waals surface area contributed by atoms with Gasteiger partial charge in [-0.15, -0.1) is 0 Å². The van der Waals surface area contributed by atoms with Crippen LogP contribution < -0.4 is 5.32 Å². The zero-order chi connectivity index (χ0) is 18.0. The van der Waals surface area contributed by atoms with Crippen molar-refractivity contribution in [2.45, 2.75) is 11.8 Å². The van der Waals surface area contributed by atoms with Gasteiger partial charge in [0, 0.05) is 23.1 Å². The van der Waals surface area contributed by atoms with Gasteiger partial charge in [0.15, 0.2) is 0 Å². The highest BCUT2D eigenvalue weighted by Crippen LogP contribution is 2.29. The second-order valence-corrected chi connectivity index (χ2v) is 8.47. The Kier molecular flexibility index (Phi) is 5.34. The number of nitrogens with zero attached hydrogens (tertiary/aromatic N) is 1. The fraction of sp³-hybridized carbons (Fsp3) is 0.235. The summed E-state index contributed by atoms with van der Waals surface area (Å²) in [5.41, 5.74) is 1.08. The molecule has 1 amide bonds. The standard InChI is InChI=1S/C17H16Cl2N2O3S/c18-14-7-5-12(6-8-14)16-17(22)20-9-10-21(16)25(23,24)11-13-3-1-2-4-15(13)19/h1-8,16H,9-11H2,(H,20,22). The normalized spacial score (nSPS) is 18.8. The summed E-state index contributed by atoms with van der Waals surface area (Å²) in [6.07, 6.45) is 0.